The summed E-state index contributed by atoms with van der Waals surface area (Å²) >= 11 is 0. The summed E-state index contributed by atoms with van der Waals surface area (Å²) in [4.78, 5) is 9.02. The van der Waals surface area contributed by atoms with E-state index in [0.717, 1.165) is 63.8 Å². The van der Waals surface area contributed by atoms with Crippen LogP contribution in [0.15, 0.2) is 29.3 Å². The van der Waals surface area contributed by atoms with Crippen molar-refractivity contribution in [3.63, 3.8) is 0 Å². The molecule has 4 rings (SSSR count). The molecule has 180 valence electrons. The highest BCUT2D eigenvalue weighted by molar-refractivity contribution is 14.0. The molecule has 6 nitrogen and oxygen atoms in total. The van der Waals surface area contributed by atoms with Crippen molar-refractivity contribution in [3.05, 3.63) is 35.4 Å². The highest BCUT2D eigenvalue weighted by atomic mass is 127. The standard InChI is InChI=1S/C22H31F3N4O2.HI/c1-26-20(29-8-6-21(15-29)7-11-31-16-21)27-14-19(28-9-12-30-13-10-28)17-2-4-18(5-3-17)22(23,24)25;/h2-5,19H,6-16H2,1H3,(H,26,27);1H. The van der Waals surface area contributed by atoms with Crippen molar-refractivity contribution in [2.75, 3.05) is 66.2 Å². The number of aliphatic imine (C=N–C) groups is 1. The second-order valence-corrected chi connectivity index (χ2v) is 8.69. The Morgan fingerprint density at radius 1 is 1.09 bits per heavy atom. The van der Waals surface area contributed by atoms with Gasteiger partial charge >= 0.3 is 6.18 Å². The number of ether oxygens (including phenoxy) is 2. The second kappa shape index (κ2) is 10.9. The van der Waals surface area contributed by atoms with Gasteiger partial charge in [-0.3, -0.25) is 9.89 Å². The average molecular weight is 568 g/mol. The monoisotopic (exact) mass is 568 g/mol. The average Bonchev–Trinajstić information content (AvgIpc) is 3.41. The van der Waals surface area contributed by atoms with Crippen molar-refractivity contribution in [1.29, 1.82) is 0 Å². The van der Waals surface area contributed by atoms with Crippen LogP contribution in [0.4, 0.5) is 13.2 Å². The largest absolute Gasteiger partial charge is 0.416 e. The van der Waals surface area contributed by atoms with E-state index in [0.29, 0.717) is 19.8 Å². The SMILES string of the molecule is CN=C(NCC(c1ccc(C(F)(F)F)cc1)N1CCOCC1)N1CCC2(CCOC2)C1.I. The van der Waals surface area contributed by atoms with Crippen molar-refractivity contribution in [2.45, 2.75) is 25.1 Å². The minimum Gasteiger partial charge on any atom is -0.381 e. The molecule has 1 aromatic carbocycles. The van der Waals surface area contributed by atoms with Crippen LogP contribution in [0.2, 0.25) is 0 Å². The number of nitrogens with one attached hydrogen (secondary N) is 1. The summed E-state index contributed by atoms with van der Waals surface area (Å²) in [5, 5.41) is 3.49. The molecule has 3 heterocycles. The van der Waals surface area contributed by atoms with Gasteiger partial charge in [-0.05, 0) is 30.5 Å². The Labute approximate surface area is 204 Å². The normalized spacial score (nSPS) is 25.8. The molecule has 32 heavy (non-hydrogen) atoms. The summed E-state index contributed by atoms with van der Waals surface area (Å²) in [7, 11) is 1.78. The lowest BCUT2D eigenvalue weighted by Crippen LogP contribution is -2.47. The highest BCUT2D eigenvalue weighted by Crippen LogP contribution is 2.38. The van der Waals surface area contributed by atoms with Gasteiger partial charge in [-0.1, -0.05) is 12.1 Å². The van der Waals surface area contributed by atoms with Crippen LogP contribution in [-0.4, -0.2) is 82.0 Å². The molecule has 0 radical (unpaired) electrons. The molecule has 2 atom stereocenters. The third-order valence-electron chi connectivity index (χ3n) is 6.70. The number of benzene rings is 1. The van der Waals surface area contributed by atoms with Crippen molar-refractivity contribution < 1.29 is 22.6 Å². The van der Waals surface area contributed by atoms with Crippen LogP contribution in [0.5, 0.6) is 0 Å². The maximum absolute atomic E-state index is 13.0. The topological polar surface area (TPSA) is 49.3 Å². The molecule has 3 saturated heterocycles. The number of halogens is 4. The molecule has 3 fully saturated rings. The van der Waals surface area contributed by atoms with Gasteiger partial charge in [0.05, 0.1) is 31.4 Å². The van der Waals surface area contributed by atoms with E-state index < -0.39 is 11.7 Å². The minimum atomic E-state index is -4.33. The van der Waals surface area contributed by atoms with Crippen molar-refractivity contribution >= 4 is 29.9 Å². The van der Waals surface area contributed by atoms with Gasteiger partial charge in [-0.15, -0.1) is 24.0 Å². The fourth-order valence-corrected chi connectivity index (χ4v) is 4.85. The van der Waals surface area contributed by atoms with Gasteiger partial charge in [0.15, 0.2) is 5.96 Å². The van der Waals surface area contributed by atoms with E-state index in [1.807, 2.05) is 0 Å². The lowest BCUT2D eigenvalue weighted by Gasteiger charge is -2.36. The molecule has 10 heteroatoms. The molecule has 2 unspecified atom stereocenters. The van der Waals surface area contributed by atoms with Crippen LogP contribution < -0.4 is 5.32 Å². The van der Waals surface area contributed by atoms with Gasteiger partial charge in [-0.25, -0.2) is 0 Å². The summed E-state index contributed by atoms with van der Waals surface area (Å²) < 4.78 is 50.1. The van der Waals surface area contributed by atoms with Crippen LogP contribution in [0.3, 0.4) is 0 Å². The minimum absolute atomic E-state index is 0. The van der Waals surface area contributed by atoms with Crippen molar-refractivity contribution in [3.8, 4) is 0 Å². The molecular weight excluding hydrogens is 536 g/mol. The smallest absolute Gasteiger partial charge is 0.381 e. The first kappa shape index (κ1) is 25.5. The summed E-state index contributed by atoms with van der Waals surface area (Å²) in [6.07, 6.45) is -2.15. The van der Waals surface area contributed by atoms with E-state index >= 15 is 0 Å². The first-order chi connectivity index (χ1) is 14.9. The Balaban J connectivity index is 0.00000289. The predicted octanol–water partition coefficient (Wildman–Crippen LogP) is 3.38. The molecule has 3 aliphatic heterocycles. The summed E-state index contributed by atoms with van der Waals surface area (Å²) in [5.41, 5.74) is 0.469. The predicted molar refractivity (Wildman–Crippen MR) is 127 cm³/mol. The molecule has 3 aliphatic rings. The van der Waals surface area contributed by atoms with E-state index in [9.17, 15) is 13.2 Å². The van der Waals surface area contributed by atoms with Crippen LogP contribution in [-0.2, 0) is 15.7 Å². The number of hydrogen-bond acceptors (Lipinski definition) is 4. The molecule has 0 saturated carbocycles. The lowest BCUT2D eigenvalue weighted by atomic mass is 9.87. The van der Waals surface area contributed by atoms with Crippen molar-refractivity contribution in [2.24, 2.45) is 10.4 Å². The Hall–Kier alpha value is -1.11. The first-order valence-electron chi connectivity index (χ1n) is 10.9. The Bertz CT molecular complexity index is 763. The quantitative estimate of drug-likeness (QED) is 0.343. The number of alkyl halides is 3. The fraction of sp³-hybridized carbons (Fsp3) is 0.682. The van der Waals surface area contributed by atoms with Crippen molar-refractivity contribution in [1.82, 2.24) is 15.1 Å². The van der Waals surface area contributed by atoms with Crippen LogP contribution in [0.1, 0.15) is 30.0 Å². The first-order valence-corrected chi connectivity index (χ1v) is 10.9. The van der Waals surface area contributed by atoms with Crippen LogP contribution >= 0.6 is 24.0 Å². The lowest BCUT2D eigenvalue weighted by molar-refractivity contribution is -0.137. The molecule has 1 spiro atoms. The number of likely N-dealkylation sites (tertiary alicyclic amines) is 1. The Kier molecular flexibility index (Phi) is 8.67. The molecule has 1 N–H and O–H groups in total. The maximum atomic E-state index is 13.0. The zero-order chi connectivity index (χ0) is 21.9. The number of rotatable bonds is 4. The molecule has 0 aliphatic carbocycles. The zero-order valence-corrected chi connectivity index (χ0v) is 20.7. The third-order valence-corrected chi connectivity index (χ3v) is 6.70. The van der Waals surface area contributed by atoms with E-state index in [1.54, 1.807) is 19.2 Å². The zero-order valence-electron chi connectivity index (χ0n) is 18.4. The molecule has 0 amide bonds. The molecule has 0 bridgehead atoms. The number of morpholine rings is 1. The van der Waals surface area contributed by atoms with Gasteiger partial charge in [0, 0.05) is 51.8 Å². The molecule has 1 aromatic rings. The second-order valence-electron chi connectivity index (χ2n) is 8.69. The third kappa shape index (κ3) is 5.87. The van der Waals surface area contributed by atoms with Gasteiger partial charge in [0.25, 0.3) is 0 Å². The summed E-state index contributed by atoms with van der Waals surface area (Å²) in [6, 6.07) is 5.46. The molecule has 0 aromatic heterocycles. The number of hydrogen-bond donors (Lipinski definition) is 1. The van der Waals surface area contributed by atoms with Gasteiger partial charge in [0.2, 0.25) is 0 Å². The Morgan fingerprint density at radius 2 is 1.81 bits per heavy atom. The maximum Gasteiger partial charge on any atom is 0.416 e. The fourth-order valence-electron chi connectivity index (χ4n) is 4.85. The van der Waals surface area contributed by atoms with E-state index in [4.69, 9.17) is 9.47 Å². The number of nitrogens with zero attached hydrogens (tertiary/aromatic N) is 3. The van der Waals surface area contributed by atoms with E-state index in [2.05, 4.69) is 20.1 Å². The number of guanidine groups is 1. The summed E-state index contributed by atoms with van der Waals surface area (Å²) in [6.45, 7) is 6.81. The summed E-state index contributed by atoms with van der Waals surface area (Å²) in [5.74, 6) is 0.842. The Morgan fingerprint density at radius 3 is 2.41 bits per heavy atom. The van der Waals surface area contributed by atoms with Crippen LogP contribution in [0, 0.1) is 5.41 Å². The molecular formula is C22H32F3IN4O2. The highest BCUT2D eigenvalue weighted by Gasteiger charge is 2.42. The van der Waals surface area contributed by atoms with Crippen LogP contribution in [0.25, 0.3) is 0 Å². The van der Waals surface area contributed by atoms with Gasteiger partial charge in [0.1, 0.15) is 0 Å². The van der Waals surface area contributed by atoms with Gasteiger partial charge < -0.3 is 19.7 Å². The van der Waals surface area contributed by atoms with E-state index in [1.165, 1.54) is 12.1 Å². The van der Waals surface area contributed by atoms with E-state index in [-0.39, 0.29) is 35.4 Å². The van der Waals surface area contributed by atoms with Gasteiger partial charge in [-0.2, -0.15) is 13.2 Å².